The summed E-state index contributed by atoms with van der Waals surface area (Å²) < 4.78 is 5.53. The molecule has 3 heteroatoms. The van der Waals surface area contributed by atoms with Gasteiger partial charge in [0.25, 0.3) is 0 Å². The Labute approximate surface area is 94.7 Å². The molecule has 0 spiro atoms. The normalized spacial score (nSPS) is 10.7. The Balaban J connectivity index is 2.71. The monoisotopic (exact) mass is 217 g/mol. The predicted octanol–water partition coefficient (Wildman–Crippen LogP) is 2.43. The van der Waals surface area contributed by atoms with Crippen LogP contribution in [0.2, 0.25) is 0 Å². The second kappa shape index (κ2) is 4.49. The quantitative estimate of drug-likeness (QED) is 0.858. The molecule has 1 aromatic carbocycles. The maximum Gasteiger partial charge on any atom is 0.145 e. The van der Waals surface area contributed by atoms with Crippen molar-refractivity contribution in [1.82, 2.24) is 4.98 Å². The lowest BCUT2D eigenvalue weighted by atomic mass is 10.1. The summed E-state index contributed by atoms with van der Waals surface area (Å²) in [5.41, 5.74) is 2.61. The molecule has 0 radical (unpaired) electrons. The van der Waals surface area contributed by atoms with Gasteiger partial charge >= 0.3 is 0 Å². The summed E-state index contributed by atoms with van der Waals surface area (Å²) in [6, 6.07) is 7.68. The van der Waals surface area contributed by atoms with Crippen molar-refractivity contribution in [3.63, 3.8) is 0 Å². The van der Waals surface area contributed by atoms with E-state index in [9.17, 15) is 5.11 Å². The van der Waals surface area contributed by atoms with E-state index in [-0.39, 0.29) is 6.61 Å². The Morgan fingerprint density at radius 2 is 2.19 bits per heavy atom. The summed E-state index contributed by atoms with van der Waals surface area (Å²) in [7, 11) is 0. The van der Waals surface area contributed by atoms with Gasteiger partial charge in [-0.1, -0.05) is 12.1 Å². The minimum Gasteiger partial charge on any atom is -0.492 e. The highest BCUT2D eigenvalue weighted by Gasteiger charge is 2.07. The van der Waals surface area contributed by atoms with Crippen LogP contribution in [0.25, 0.3) is 10.9 Å². The molecule has 0 unspecified atom stereocenters. The Bertz CT molecular complexity index is 509. The van der Waals surface area contributed by atoms with Gasteiger partial charge in [-0.25, -0.2) is 4.98 Å². The molecule has 0 bridgehead atoms. The average Bonchev–Trinajstić information content (AvgIpc) is 2.29. The van der Waals surface area contributed by atoms with Gasteiger partial charge in [0, 0.05) is 11.1 Å². The summed E-state index contributed by atoms with van der Waals surface area (Å²) in [6.45, 7) is 4.50. The molecular formula is C13H15NO2. The van der Waals surface area contributed by atoms with E-state index in [1.807, 2.05) is 38.1 Å². The van der Waals surface area contributed by atoms with Crippen LogP contribution in [-0.4, -0.2) is 16.7 Å². The van der Waals surface area contributed by atoms with Crippen molar-refractivity contribution in [1.29, 1.82) is 0 Å². The molecule has 2 aromatic rings. The lowest BCUT2D eigenvalue weighted by Crippen LogP contribution is -1.97. The molecule has 0 amide bonds. The molecular weight excluding hydrogens is 202 g/mol. The molecule has 2 rings (SSSR count). The molecule has 3 nitrogen and oxygen atoms in total. The Hall–Kier alpha value is -1.61. The highest BCUT2D eigenvalue weighted by Crippen LogP contribution is 2.27. The molecule has 0 aliphatic carbocycles. The number of hydrogen-bond donors (Lipinski definition) is 1. The molecule has 1 heterocycles. The van der Waals surface area contributed by atoms with Crippen molar-refractivity contribution in [3.05, 3.63) is 35.5 Å². The first-order valence-corrected chi connectivity index (χ1v) is 5.39. The molecule has 1 aromatic heterocycles. The minimum absolute atomic E-state index is 0.0233. The van der Waals surface area contributed by atoms with E-state index >= 15 is 0 Å². The van der Waals surface area contributed by atoms with Gasteiger partial charge in [-0.3, -0.25) is 0 Å². The largest absolute Gasteiger partial charge is 0.492 e. The number of rotatable bonds is 3. The standard InChI is InChI=1S/C13H15NO2/c1-3-16-12-6-4-5-11-10(8-15)7-9(2)14-13(11)12/h4-7,15H,3,8H2,1-2H3. The summed E-state index contributed by atoms with van der Waals surface area (Å²) in [6.07, 6.45) is 0. The summed E-state index contributed by atoms with van der Waals surface area (Å²) in [5.74, 6) is 0.776. The first kappa shape index (κ1) is 10.9. The highest BCUT2D eigenvalue weighted by molar-refractivity contribution is 5.87. The van der Waals surface area contributed by atoms with Crippen LogP contribution in [0.4, 0.5) is 0 Å². The number of aryl methyl sites for hydroxylation is 1. The van der Waals surface area contributed by atoms with Gasteiger partial charge < -0.3 is 9.84 Å². The van der Waals surface area contributed by atoms with Crippen LogP contribution in [-0.2, 0) is 6.61 Å². The third-order valence-corrected chi connectivity index (χ3v) is 2.49. The van der Waals surface area contributed by atoms with Crippen LogP contribution in [0.15, 0.2) is 24.3 Å². The molecule has 0 aliphatic rings. The fraction of sp³-hybridized carbons (Fsp3) is 0.308. The van der Waals surface area contributed by atoms with E-state index in [0.717, 1.165) is 27.9 Å². The van der Waals surface area contributed by atoms with E-state index in [1.165, 1.54) is 0 Å². The van der Waals surface area contributed by atoms with Gasteiger partial charge in [0.15, 0.2) is 0 Å². The number of ether oxygens (including phenoxy) is 1. The van der Waals surface area contributed by atoms with Crippen molar-refractivity contribution >= 4 is 10.9 Å². The van der Waals surface area contributed by atoms with Gasteiger partial charge in [-0.15, -0.1) is 0 Å². The van der Waals surface area contributed by atoms with Crippen molar-refractivity contribution in [2.75, 3.05) is 6.61 Å². The van der Waals surface area contributed by atoms with Gasteiger partial charge in [-0.05, 0) is 31.5 Å². The SMILES string of the molecule is CCOc1cccc2c(CO)cc(C)nc12. The molecule has 16 heavy (non-hydrogen) atoms. The topological polar surface area (TPSA) is 42.4 Å². The zero-order chi connectivity index (χ0) is 11.5. The first-order chi connectivity index (χ1) is 7.76. The molecule has 0 aliphatic heterocycles. The van der Waals surface area contributed by atoms with E-state index in [2.05, 4.69) is 4.98 Å². The van der Waals surface area contributed by atoms with Crippen LogP contribution in [0.5, 0.6) is 5.75 Å². The lowest BCUT2D eigenvalue weighted by Gasteiger charge is -2.10. The number of pyridine rings is 1. The molecule has 1 N–H and O–H groups in total. The Kier molecular flexibility index (Phi) is 3.06. The molecule has 0 atom stereocenters. The number of aliphatic hydroxyl groups is 1. The maximum atomic E-state index is 9.31. The summed E-state index contributed by atoms with van der Waals surface area (Å²) in [4.78, 5) is 4.47. The van der Waals surface area contributed by atoms with Crippen molar-refractivity contribution in [2.24, 2.45) is 0 Å². The number of benzene rings is 1. The summed E-state index contributed by atoms with van der Waals surface area (Å²) >= 11 is 0. The van der Waals surface area contributed by atoms with Crippen LogP contribution in [0.1, 0.15) is 18.2 Å². The van der Waals surface area contributed by atoms with E-state index < -0.39 is 0 Å². The second-order valence-electron chi connectivity index (χ2n) is 3.67. The number of para-hydroxylation sites is 1. The fourth-order valence-corrected chi connectivity index (χ4v) is 1.84. The number of hydrogen-bond acceptors (Lipinski definition) is 3. The Morgan fingerprint density at radius 1 is 1.38 bits per heavy atom. The zero-order valence-electron chi connectivity index (χ0n) is 9.53. The number of aromatic nitrogens is 1. The fourth-order valence-electron chi connectivity index (χ4n) is 1.84. The predicted molar refractivity (Wildman–Crippen MR) is 63.6 cm³/mol. The third kappa shape index (κ3) is 1.86. The van der Waals surface area contributed by atoms with Crippen molar-refractivity contribution in [3.8, 4) is 5.75 Å². The first-order valence-electron chi connectivity index (χ1n) is 5.39. The van der Waals surface area contributed by atoms with Gasteiger partial charge in [0.1, 0.15) is 11.3 Å². The van der Waals surface area contributed by atoms with E-state index in [1.54, 1.807) is 0 Å². The second-order valence-corrected chi connectivity index (χ2v) is 3.67. The van der Waals surface area contributed by atoms with Crippen LogP contribution in [0.3, 0.4) is 0 Å². The number of fused-ring (bicyclic) bond motifs is 1. The van der Waals surface area contributed by atoms with Crippen molar-refractivity contribution < 1.29 is 9.84 Å². The summed E-state index contributed by atoms with van der Waals surface area (Å²) in [5, 5.41) is 10.3. The van der Waals surface area contributed by atoms with E-state index in [0.29, 0.717) is 6.61 Å². The molecule has 0 saturated carbocycles. The number of aliphatic hydroxyl groups excluding tert-OH is 1. The average molecular weight is 217 g/mol. The highest BCUT2D eigenvalue weighted by atomic mass is 16.5. The van der Waals surface area contributed by atoms with Gasteiger partial charge in [0.05, 0.1) is 13.2 Å². The third-order valence-electron chi connectivity index (χ3n) is 2.49. The van der Waals surface area contributed by atoms with Crippen LogP contribution in [0, 0.1) is 6.92 Å². The van der Waals surface area contributed by atoms with E-state index in [4.69, 9.17) is 4.74 Å². The zero-order valence-corrected chi connectivity index (χ0v) is 9.53. The van der Waals surface area contributed by atoms with Gasteiger partial charge in [-0.2, -0.15) is 0 Å². The molecule has 0 saturated heterocycles. The van der Waals surface area contributed by atoms with Gasteiger partial charge in [0.2, 0.25) is 0 Å². The maximum absolute atomic E-state index is 9.31. The van der Waals surface area contributed by atoms with Crippen LogP contribution < -0.4 is 4.74 Å². The van der Waals surface area contributed by atoms with Crippen molar-refractivity contribution in [2.45, 2.75) is 20.5 Å². The minimum atomic E-state index is 0.0233. The van der Waals surface area contributed by atoms with Crippen LogP contribution >= 0.6 is 0 Å². The molecule has 84 valence electrons. The molecule has 0 fully saturated rings. The number of nitrogens with zero attached hydrogens (tertiary/aromatic N) is 1. The lowest BCUT2D eigenvalue weighted by molar-refractivity contribution is 0.283. The Morgan fingerprint density at radius 3 is 2.88 bits per heavy atom. The smallest absolute Gasteiger partial charge is 0.145 e.